The SMILES string of the molecule is CC(C)N(C(=O)n1nnc(Oc2ccc(Cl)cc2)n1)C(C)C. The van der Waals surface area contributed by atoms with E-state index in [-0.39, 0.29) is 24.1 Å². The quantitative estimate of drug-likeness (QED) is 0.863. The summed E-state index contributed by atoms with van der Waals surface area (Å²) in [5.74, 6) is 0.515. The summed E-state index contributed by atoms with van der Waals surface area (Å²) in [5, 5.41) is 12.0. The molecule has 0 spiro atoms. The van der Waals surface area contributed by atoms with E-state index in [9.17, 15) is 4.79 Å². The largest absolute Gasteiger partial charge is 0.422 e. The minimum atomic E-state index is -0.344. The van der Waals surface area contributed by atoms with E-state index in [1.807, 2.05) is 27.7 Å². The van der Waals surface area contributed by atoms with E-state index in [2.05, 4.69) is 15.4 Å². The lowest BCUT2D eigenvalue weighted by Crippen LogP contribution is -2.45. The molecule has 0 radical (unpaired) electrons. The van der Waals surface area contributed by atoms with E-state index in [0.29, 0.717) is 10.8 Å². The van der Waals surface area contributed by atoms with Gasteiger partial charge in [0.2, 0.25) is 0 Å². The van der Waals surface area contributed by atoms with E-state index in [1.54, 1.807) is 29.2 Å². The molecule has 1 aromatic carbocycles. The fourth-order valence-corrected chi connectivity index (χ4v) is 2.20. The summed E-state index contributed by atoms with van der Waals surface area (Å²) in [4.78, 5) is 15.0. The van der Waals surface area contributed by atoms with Crippen LogP contribution in [0.1, 0.15) is 27.7 Å². The number of aromatic nitrogens is 4. The van der Waals surface area contributed by atoms with Crippen molar-refractivity contribution in [2.24, 2.45) is 0 Å². The number of tetrazole rings is 1. The van der Waals surface area contributed by atoms with Crippen LogP contribution in [0.25, 0.3) is 0 Å². The molecule has 0 atom stereocenters. The summed E-state index contributed by atoms with van der Waals surface area (Å²) in [6.45, 7) is 7.72. The van der Waals surface area contributed by atoms with Gasteiger partial charge in [0.15, 0.2) is 0 Å². The first-order chi connectivity index (χ1) is 10.4. The van der Waals surface area contributed by atoms with Crippen LogP contribution in [0.3, 0.4) is 0 Å². The van der Waals surface area contributed by atoms with Crippen molar-refractivity contribution in [1.29, 1.82) is 0 Å². The number of nitrogens with zero attached hydrogens (tertiary/aromatic N) is 5. The van der Waals surface area contributed by atoms with Crippen molar-refractivity contribution >= 4 is 17.6 Å². The Bertz CT molecular complexity index is 631. The van der Waals surface area contributed by atoms with Gasteiger partial charge in [-0.15, -0.1) is 0 Å². The molecule has 1 aromatic heterocycles. The van der Waals surface area contributed by atoms with Gasteiger partial charge in [-0.1, -0.05) is 26.6 Å². The molecule has 0 saturated carbocycles. The number of benzene rings is 1. The van der Waals surface area contributed by atoms with E-state index < -0.39 is 0 Å². The maximum atomic E-state index is 12.4. The first kappa shape index (κ1) is 16.2. The Morgan fingerprint density at radius 2 is 1.77 bits per heavy atom. The Hall–Kier alpha value is -2.15. The van der Waals surface area contributed by atoms with E-state index in [1.165, 1.54) is 0 Å². The first-order valence-electron chi connectivity index (χ1n) is 6.94. The highest BCUT2D eigenvalue weighted by atomic mass is 35.5. The molecular weight excluding hydrogens is 306 g/mol. The van der Waals surface area contributed by atoms with E-state index >= 15 is 0 Å². The highest BCUT2D eigenvalue weighted by Crippen LogP contribution is 2.19. The molecule has 2 rings (SSSR count). The fraction of sp³-hybridized carbons (Fsp3) is 0.429. The highest BCUT2D eigenvalue weighted by molar-refractivity contribution is 6.30. The van der Waals surface area contributed by atoms with Crippen LogP contribution in [-0.2, 0) is 0 Å². The summed E-state index contributed by atoms with van der Waals surface area (Å²) >= 11 is 5.80. The van der Waals surface area contributed by atoms with Crippen LogP contribution in [0.5, 0.6) is 11.8 Å². The summed E-state index contributed by atoms with van der Waals surface area (Å²) < 4.78 is 5.43. The van der Waals surface area contributed by atoms with Crippen LogP contribution < -0.4 is 4.74 Å². The lowest BCUT2D eigenvalue weighted by atomic mass is 10.2. The molecule has 0 aliphatic heterocycles. The molecule has 0 aliphatic rings. The zero-order chi connectivity index (χ0) is 16.3. The molecule has 0 aliphatic carbocycles. The maximum absolute atomic E-state index is 12.4. The van der Waals surface area contributed by atoms with Crippen LogP contribution in [0.15, 0.2) is 24.3 Å². The second-order valence-electron chi connectivity index (χ2n) is 5.29. The number of rotatable bonds is 4. The second kappa shape index (κ2) is 6.74. The van der Waals surface area contributed by atoms with Crippen LogP contribution in [-0.4, -0.2) is 43.2 Å². The zero-order valence-corrected chi connectivity index (χ0v) is 13.7. The van der Waals surface area contributed by atoms with Gasteiger partial charge in [-0.25, -0.2) is 4.79 Å². The second-order valence-corrected chi connectivity index (χ2v) is 5.73. The van der Waals surface area contributed by atoms with Crippen molar-refractivity contribution < 1.29 is 9.53 Å². The summed E-state index contributed by atoms with van der Waals surface area (Å²) in [6, 6.07) is 6.45. The molecule has 8 heteroatoms. The van der Waals surface area contributed by atoms with E-state index in [4.69, 9.17) is 16.3 Å². The molecule has 2 aromatic rings. The van der Waals surface area contributed by atoms with Gasteiger partial charge in [-0.05, 0) is 57.2 Å². The predicted molar refractivity (Wildman–Crippen MR) is 82.2 cm³/mol. The molecule has 7 nitrogen and oxygen atoms in total. The average Bonchev–Trinajstić information content (AvgIpc) is 2.89. The Morgan fingerprint density at radius 3 is 2.32 bits per heavy atom. The summed E-state index contributed by atoms with van der Waals surface area (Å²) in [5.41, 5.74) is 0. The van der Waals surface area contributed by atoms with Gasteiger partial charge in [0, 0.05) is 17.1 Å². The third-order valence-electron chi connectivity index (χ3n) is 2.92. The number of hydrogen-bond donors (Lipinski definition) is 0. The minimum Gasteiger partial charge on any atom is -0.422 e. The molecule has 1 amide bonds. The molecule has 118 valence electrons. The van der Waals surface area contributed by atoms with Crippen LogP contribution >= 0.6 is 11.6 Å². The number of ether oxygens (including phenoxy) is 1. The van der Waals surface area contributed by atoms with Gasteiger partial charge in [0.1, 0.15) is 5.75 Å². The van der Waals surface area contributed by atoms with E-state index in [0.717, 1.165) is 4.80 Å². The molecule has 0 N–H and O–H groups in total. The van der Waals surface area contributed by atoms with Gasteiger partial charge in [-0.2, -0.15) is 0 Å². The van der Waals surface area contributed by atoms with Gasteiger partial charge in [0.25, 0.3) is 0 Å². The van der Waals surface area contributed by atoms with Crippen LogP contribution in [0, 0.1) is 0 Å². The van der Waals surface area contributed by atoms with Crippen molar-refractivity contribution in [1.82, 2.24) is 25.1 Å². The number of amides is 1. The molecule has 0 bridgehead atoms. The fourth-order valence-electron chi connectivity index (χ4n) is 2.07. The Labute approximate surface area is 133 Å². The van der Waals surface area contributed by atoms with Crippen molar-refractivity contribution in [2.75, 3.05) is 0 Å². The average molecular weight is 324 g/mol. The summed E-state index contributed by atoms with van der Waals surface area (Å²) in [6.07, 6.45) is 0. The Kier molecular flexibility index (Phi) is 4.97. The highest BCUT2D eigenvalue weighted by Gasteiger charge is 2.24. The van der Waals surface area contributed by atoms with Gasteiger partial charge >= 0.3 is 12.0 Å². The normalized spacial score (nSPS) is 11.0. The molecule has 1 heterocycles. The molecule has 0 fully saturated rings. The standard InChI is InChI=1S/C14H18ClN5O2/c1-9(2)19(10(3)4)14(21)20-17-13(16-18-20)22-12-7-5-11(15)6-8-12/h5-10H,1-4H3. The smallest absolute Gasteiger partial charge is 0.364 e. The Balaban J connectivity index is 2.13. The number of hydrogen-bond acceptors (Lipinski definition) is 5. The van der Waals surface area contributed by atoms with Crippen molar-refractivity contribution in [3.05, 3.63) is 29.3 Å². The molecule has 0 saturated heterocycles. The number of carbonyl (C=O) groups excluding carboxylic acids is 1. The topological polar surface area (TPSA) is 73.1 Å². The maximum Gasteiger partial charge on any atom is 0.364 e. The monoisotopic (exact) mass is 323 g/mol. The molecule has 0 unspecified atom stereocenters. The number of halogens is 1. The van der Waals surface area contributed by atoms with Crippen molar-refractivity contribution in [2.45, 2.75) is 39.8 Å². The van der Waals surface area contributed by atoms with Crippen LogP contribution in [0.2, 0.25) is 5.02 Å². The van der Waals surface area contributed by atoms with Gasteiger partial charge < -0.3 is 9.64 Å². The van der Waals surface area contributed by atoms with Gasteiger partial charge in [-0.3, -0.25) is 0 Å². The summed E-state index contributed by atoms with van der Waals surface area (Å²) in [7, 11) is 0. The third-order valence-corrected chi connectivity index (χ3v) is 3.17. The third kappa shape index (κ3) is 3.73. The lowest BCUT2D eigenvalue weighted by molar-refractivity contribution is 0.159. The predicted octanol–water partition coefficient (Wildman–Crippen LogP) is 3.21. The van der Waals surface area contributed by atoms with Crippen molar-refractivity contribution in [3.8, 4) is 11.8 Å². The first-order valence-corrected chi connectivity index (χ1v) is 7.32. The van der Waals surface area contributed by atoms with Crippen molar-refractivity contribution in [3.63, 3.8) is 0 Å². The van der Waals surface area contributed by atoms with Gasteiger partial charge in [0.05, 0.1) is 0 Å². The molecular formula is C14H18ClN5O2. The Morgan fingerprint density at radius 1 is 1.18 bits per heavy atom. The molecule has 22 heavy (non-hydrogen) atoms. The minimum absolute atomic E-state index is 0.00290. The number of carbonyl (C=O) groups is 1. The lowest BCUT2D eigenvalue weighted by Gasteiger charge is -2.29. The van der Waals surface area contributed by atoms with Crippen LogP contribution in [0.4, 0.5) is 4.79 Å². The zero-order valence-electron chi connectivity index (χ0n) is 12.9.